The maximum Gasteiger partial charge on any atom is 0.252 e. The normalized spacial score (nSPS) is 12.3. The average Bonchev–Trinajstić information content (AvgIpc) is 3.36. The lowest BCUT2D eigenvalue weighted by atomic mass is 10.0. The van der Waals surface area contributed by atoms with Crippen LogP contribution in [0.1, 0.15) is 53.0 Å². The highest BCUT2D eigenvalue weighted by Crippen LogP contribution is 2.27. The maximum atomic E-state index is 13.4. The summed E-state index contributed by atoms with van der Waals surface area (Å²) in [5.41, 5.74) is 5.79. The summed E-state index contributed by atoms with van der Waals surface area (Å²) < 4.78 is 15.2. The third-order valence-electron chi connectivity index (χ3n) is 7.07. The molecule has 3 aromatic carbocycles. The van der Waals surface area contributed by atoms with Gasteiger partial charge in [-0.05, 0) is 88.7 Å². The molecule has 7 nitrogen and oxygen atoms in total. The number of hydrogen-bond donors (Lipinski definition) is 1. The van der Waals surface area contributed by atoms with Gasteiger partial charge in [0.2, 0.25) is 0 Å². The van der Waals surface area contributed by atoms with Crippen molar-refractivity contribution in [2.45, 2.75) is 52.9 Å². The second kappa shape index (κ2) is 11.1. The largest absolute Gasteiger partial charge is 0.322 e. The molecule has 1 atom stereocenters. The Morgan fingerprint density at radius 1 is 0.947 bits per heavy atom. The Morgan fingerprint density at radius 2 is 1.68 bits per heavy atom. The second-order valence-electron chi connectivity index (χ2n) is 9.78. The van der Waals surface area contributed by atoms with Gasteiger partial charge < -0.3 is 4.98 Å². The van der Waals surface area contributed by atoms with E-state index in [1.807, 2.05) is 37.3 Å². The molecule has 0 aliphatic heterocycles. The van der Waals surface area contributed by atoms with Crippen LogP contribution in [0.4, 0.5) is 4.39 Å². The van der Waals surface area contributed by atoms with Crippen molar-refractivity contribution in [3.05, 3.63) is 123 Å². The van der Waals surface area contributed by atoms with Crippen molar-refractivity contribution in [2.75, 3.05) is 0 Å². The van der Waals surface area contributed by atoms with E-state index in [2.05, 4.69) is 57.5 Å². The van der Waals surface area contributed by atoms with Gasteiger partial charge in [0.1, 0.15) is 5.82 Å². The number of rotatable bonds is 9. The predicted octanol–water partition coefficient (Wildman–Crippen LogP) is 5.47. The molecular weight excluding hydrogens is 479 g/mol. The van der Waals surface area contributed by atoms with Crippen LogP contribution >= 0.6 is 0 Å². The fourth-order valence-electron chi connectivity index (χ4n) is 4.88. The Bertz CT molecular complexity index is 1590. The maximum absolute atomic E-state index is 13.4. The van der Waals surface area contributed by atoms with Crippen molar-refractivity contribution in [3.63, 3.8) is 0 Å². The minimum Gasteiger partial charge on any atom is -0.322 e. The van der Waals surface area contributed by atoms with Gasteiger partial charge >= 0.3 is 0 Å². The Morgan fingerprint density at radius 3 is 2.42 bits per heavy atom. The highest BCUT2D eigenvalue weighted by molar-refractivity contribution is 5.80. The summed E-state index contributed by atoms with van der Waals surface area (Å²) in [6.07, 6.45) is 0.737. The molecule has 0 spiro atoms. The monoisotopic (exact) mass is 510 g/mol. The van der Waals surface area contributed by atoms with Crippen molar-refractivity contribution >= 4 is 10.9 Å². The van der Waals surface area contributed by atoms with Gasteiger partial charge in [-0.15, -0.1) is 5.10 Å². The van der Waals surface area contributed by atoms with E-state index in [0.29, 0.717) is 31.0 Å². The van der Waals surface area contributed by atoms with Crippen LogP contribution in [-0.2, 0) is 19.6 Å². The molecule has 38 heavy (non-hydrogen) atoms. The summed E-state index contributed by atoms with van der Waals surface area (Å²) in [7, 11) is 0. The molecule has 0 fully saturated rings. The molecule has 0 radical (unpaired) electrons. The van der Waals surface area contributed by atoms with Gasteiger partial charge in [0.05, 0.1) is 12.6 Å². The van der Waals surface area contributed by atoms with E-state index in [9.17, 15) is 9.18 Å². The van der Waals surface area contributed by atoms with E-state index < -0.39 is 0 Å². The number of nitrogens with zero attached hydrogens (tertiary/aromatic N) is 5. The summed E-state index contributed by atoms with van der Waals surface area (Å²) >= 11 is 0. The third kappa shape index (κ3) is 5.55. The lowest BCUT2D eigenvalue weighted by Gasteiger charge is -2.30. The van der Waals surface area contributed by atoms with Gasteiger partial charge in [-0.1, -0.05) is 49.4 Å². The lowest BCUT2D eigenvalue weighted by Crippen LogP contribution is -2.32. The topological polar surface area (TPSA) is 79.7 Å². The summed E-state index contributed by atoms with van der Waals surface area (Å²) in [5, 5.41) is 13.6. The molecule has 1 N–H and O–H groups in total. The number of aryl methyl sites for hydroxylation is 2. The molecule has 0 unspecified atom stereocenters. The number of H-pyrrole nitrogens is 1. The highest BCUT2D eigenvalue weighted by Gasteiger charge is 2.26. The smallest absolute Gasteiger partial charge is 0.252 e. The predicted molar refractivity (Wildman–Crippen MR) is 146 cm³/mol. The number of tetrazole rings is 1. The van der Waals surface area contributed by atoms with E-state index in [0.717, 1.165) is 34.0 Å². The van der Waals surface area contributed by atoms with E-state index >= 15 is 0 Å². The van der Waals surface area contributed by atoms with Gasteiger partial charge in [0, 0.05) is 24.2 Å². The van der Waals surface area contributed by atoms with Crippen LogP contribution in [0, 0.1) is 19.7 Å². The van der Waals surface area contributed by atoms with Gasteiger partial charge in [-0.2, -0.15) is 0 Å². The number of aromatic nitrogens is 5. The molecule has 0 bridgehead atoms. The number of fused-ring (bicyclic) bond motifs is 1. The van der Waals surface area contributed by atoms with Gasteiger partial charge in [0.25, 0.3) is 5.56 Å². The number of halogens is 1. The molecule has 2 heterocycles. The summed E-state index contributed by atoms with van der Waals surface area (Å²) in [5.74, 6) is 0.425. The van der Waals surface area contributed by atoms with Crippen LogP contribution in [0.15, 0.2) is 77.6 Å². The zero-order valence-electron chi connectivity index (χ0n) is 21.9. The first-order valence-corrected chi connectivity index (χ1v) is 12.8. The first-order chi connectivity index (χ1) is 18.4. The molecule has 8 heteroatoms. The van der Waals surface area contributed by atoms with Crippen LogP contribution in [-0.4, -0.2) is 30.1 Å². The standard InChI is InChI=1S/C30H31FN6O/c1-4-28(29-33-34-35-37(29)18-23-10-12-26(31)13-11-23)36(17-22-8-6-5-7-9-22)19-25-16-24-14-20(2)21(3)15-27(24)32-30(25)38/h5-16,28H,4,17-19H2,1-3H3,(H,32,38)/t28-/m1/s1. The Balaban J connectivity index is 1.52. The fourth-order valence-corrected chi connectivity index (χ4v) is 4.88. The van der Waals surface area contributed by atoms with Crippen molar-refractivity contribution in [1.29, 1.82) is 0 Å². The number of hydrogen-bond acceptors (Lipinski definition) is 5. The van der Waals surface area contributed by atoms with E-state index in [1.165, 1.54) is 17.7 Å². The zero-order chi connectivity index (χ0) is 26.6. The van der Waals surface area contributed by atoms with Crippen LogP contribution in [0.5, 0.6) is 0 Å². The van der Waals surface area contributed by atoms with Gasteiger partial charge in [-0.3, -0.25) is 9.69 Å². The number of aromatic amines is 1. The molecular formula is C30H31FN6O. The minimum absolute atomic E-state index is 0.0976. The van der Waals surface area contributed by atoms with E-state index in [1.54, 1.807) is 16.8 Å². The quantitative estimate of drug-likeness (QED) is 0.284. The van der Waals surface area contributed by atoms with Crippen molar-refractivity contribution < 1.29 is 4.39 Å². The summed E-state index contributed by atoms with van der Waals surface area (Å²) in [6, 6.07) is 22.5. The summed E-state index contributed by atoms with van der Waals surface area (Å²) in [6.45, 7) is 7.69. The molecule has 0 amide bonds. The van der Waals surface area contributed by atoms with Crippen molar-refractivity contribution in [3.8, 4) is 0 Å². The van der Waals surface area contributed by atoms with E-state index in [4.69, 9.17) is 0 Å². The third-order valence-corrected chi connectivity index (χ3v) is 7.07. The minimum atomic E-state index is -0.280. The zero-order valence-corrected chi connectivity index (χ0v) is 21.9. The SMILES string of the molecule is CC[C@H](c1nnnn1Cc1ccc(F)cc1)N(Cc1ccccc1)Cc1cc2cc(C)c(C)cc2[nH]c1=O. The molecule has 194 valence electrons. The van der Waals surface area contributed by atoms with Gasteiger partial charge in [-0.25, -0.2) is 9.07 Å². The molecule has 0 saturated heterocycles. The molecule has 0 aliphatic rings. The second-order valence-corrected chi connectivity index (χ2v) is 9.78. The van der Waals surface area contributed by atoms with Crippen molar-refractivity contribution in [1.82, 2.24) is 30.1 Å². The first-order valence-electron chi connectivity index (χ1n) is 12.8. The number of nitrogens with one attached hydrogen (secondary N) is 1. The molecule has 0 aliphatic carbocycles. The first kappa shape index (κ1) is 25.5. The highest BCUT2D eigenvalue weighted by atomic mass is 19.1. The van der Waals surface area contributed by atoms with Gasteiger partial charge in [0.15, 0.2) is 5.82 Å². The van der Waals surface area contributed by atoms with Crippen LogP contribution in [0.25, 0.3) is 10.9 Å². The Labute approximate surface area is 220 Å². The molecule has 0 saturated carbocycles. The Kier molecular flexibility index (Phi) is 7.42. The Hall–Kier alpha value is -4.17. The van der Waals surface area contributed by atoms with Crippen LogP contribution < -0.4 is 5.56 Å². The van der Waals surface area contributed by atoms with Crippen LogP contribution in [0.2, 0.25) is 0 Å². The number of pyridine rings is 1. The van der Waals surface area contributed by atoms with Crippen LogP contribution in [0.3, 0.4) is 0 Å². The fraction of sp³-hybridized carbons (Fsp3) is 0.267. The molecule has 2 aromatic heterocycles. The average molecular weight is 511 g/mol. The van der Waals surface area contributed by atoms with Crippen molar-refractivity contribution in [2.24, 2.45) is 0 Å². The van der Waals surface area contributed by atoms with E-state index in [-0.39, 0.29) is 17.4 Å². The summed E-state index contributed by atoms with van der Waals surface area (Å²) in [4.78, 5) is 18.5. The number of benzene rings is 3. The lowest BCUT2D eigenvalue weighted by molar-refractivity contribution is 0.161. The molecule has 5 rings (SSSR count). The molecule has 5 aromatic rings.